The highest BCUT2D eigenvalue weighted by Gasteiger charge is 2.09. The highest BCUT2D eigenvalue weighted by molar-refractivity contribution is 5.59. The summed E-state index contributed by atoms with van der Waals surface area (Å²) in [4.78, 5) is 12.7. The molecule has 23 heavy (non-hydrogen) atoms. The predicted octanol–water partition coefficient (Wildman–Crippen LogP) is 2.56. The Labute approximate surface area is 131 Å². The van der Waals surface area contributed by atoms with Crippen molar-refractivity contribution in [3.05, 3.63) is 61.2 Å². The fourth-order valence-corrected chi connectivity index (χ4v) is 2.26. The van der Waals surface area contributed by atoms with Crippen LogP contribution in [-0.4, -0.2) is 24.6 Å². The van der Waals surface area contributed by atoms with Crippen LogP contribution in [-0.2, 0) is 0 Å². The Morgan fingerprint density at radius 1 is 0.957 bits per heavy atom. The number of fused-ring (bicyclic) bond motifs is 1. The number of aromatic nitrogens is 5. The Balaban J connectivity index is 1.73. The van der Waals surface area contributed by atoms with Gasteiger partial charge in [0, 0.05) is 30.1 Å². The van der Waals surface area contributed by atoms with Gasteiger partial charge < -0.3 is 10.5 Å². The SMILES string of the molecule is Nc1cccc(Oc2cc(-c3ccnc4ccnn34)ncn2)c1. The number of hydrogen-bond donors (Lipinski definition) is 1. The molecule has 0 radical (unpaired) electrons. The zero-order chi connectivity index (χ0) is 15.6. The number of ether oxygens (including phenoxy) is 1. The van der Waals surface area contributed by atoms with Gasteiger partial charge in [0.15, 0.2) is 5.65 Å². The fourth-order valence-electron chi connectivity index (χ4n) is 2.26. The van der Waals surface area contributed by atoms with E-state index in [0.717, 1.165) is 11.3 Å². The quantitative estimate of drug-likeness (QED) is 0.585. The molecule has 0 bridgehead atoms. The fraction of sp³-hybridized carbons (Fsp3) is 0. The molecule has 3 aromatic heterocycles. The highest BCUT2D eigenvalue weighted by atomic mass is 16.5. The van der Waals surface area contributed by atoms with E-state index in [9.17, 15) is 0 Å². The number of nitrogens with zero attached hydrogens (tertiary/aromatic N) is 5. The maximum Gasteiger partial charge on any atom is 0.222 e. The minimum Gasteiger partial charge on any atom is -0.439 e. The van der Waals surface area contributed by atoms with Gasteiger partial charge in [0.1, 0.15) is 12.1 Å². The van der Waals surface area contributed by atoms with Crippen LogP contribution in [0.3, 0.4) is 0 Å². The van der Waals surface area contributed by atoms with Crippen molar-refractivity contribution in [1.29, 1.82) is 0 Å². The first-order valence-electron chi connectivity index (χ1n) is 6.94. The van der Waals surface area contributed by atoms with Crippen molar-refractivity contribution in [3.8, 4) is 23.0 Å². The summed E-state index contributed by atoms with van der Waals surface area (Å²) in [6.45, 7) is 0. The molecule has 0 fully saturated rings. The molecule has 0 amide bonds. The van der Waals surface area contributed by atoms with Crippen LogP contribution in [0.25, 0.3) is 17.0 Å². The monoisotopic (exact) mass is 304 g/mol. The minimum atomic E-state index is 0.428. The number of nitrogen functional groups attached to an aromatic ring is 1. The van der Waals surface area contributed by atoms with Gasteiger partial charge in [-0.15, -0.1) is 0 Å². The van der Waals surface area contributed by atoms with E-state index in [1.807, 2.05) is 24.3 Å². The second-order valence-corrected chi connectivity index (χ2v) is 4.85. The first kappa shape index (κ1) is 13.2. The van der Waals surface area contributed by atoms with E-state index in [-0.39, 0.29) is 0 Å². The van der Waals surface area contributed by atoms with Gasteiger partial charge >= 0.3 is 0 Å². The van der Waals surface area contributed by atoms with Gasteiger partial charge in [-0.1, -0.05) is 6.07 Å². The summed E-state index contributed by atoms with van der Waals surface area (Å²) in [6.07, 6.45) is 4.86. The smallest absolute Gasteiger partial charge is 0.222 e. The lowest BCUT2D eigenvalue weighted by Crippen LogP contribution is -1.98. The first-order chi connectivity index (χ1) is 11.3. The summed E-state index contributed by atoms with van der Waals surface area (Å²) in [7, 11) is 0. The molecule has 0 unspecified atom stereocenters. The van der Waals surface area contributed by atoms with E-state index in [2.05, 4.69) is 20.1 Å². The summed E-state index contributed by atoms with van der Waals surface area (Å²) < 4.78 is 7.45. The van der Waals surface area contributed by atoms with Crippen LogP contribution in [0.15, 0.2) is 61.2 Å². The Bertz CT molecular complexity index is 981. The molecule has 4 rings (SSSR count). The maximum absolute atomic E-state index is 5.75. The molecule has 3 heterocycles. The topological polar surface area (TPSA) is 91.2 Å². The summed E-state index contributed by atoms with van der Waals surface area (Å²) in [6, 6.07) is 12.6. The lowest BCUT2D eigenvalue weighted by molar-refractivity contribution is 0.462. The van der Waals surface area contributed by atoms with Crippen molar-refractivity contribution in [2.45, 2.75) is 0 Å². The van der Waals surface area contributed by atoms with Gasteiger partial charge in [-0.25, -0.2) is 19.5 Å². The summed E-state index contributed by atoms with van der Waals surface area (Å²) in [5.41, 5.74) is 8.63. The van der Waals surface area contributed by atoms with Crippen molar-refractivity contribution in [2.75, 3.05) is 5.73 Å². The average molecular weight is 304 g/mol. The maximum atomic E-state index is 5.75. The molecular weight excluding hydrogens is 292 g/mol. The molecule has 1 aromatic carbocycles. The van der Waals surface area contributed by atoms with Gasteiger partial charge in [0.25, 0.3) is 0 Å². The molecule has 2 N–H and O–H groups in total. The van der Waals surface area contributed by atoms with Crippen molar-refractivity contribution < 1.29 is 4.74 Å². The van der Waals surface area contributed by atoms with Gasteiger partial charge in [-0.3, -0.25) is 0 Å². The second-order valence-electron chi connectivity index (χ2n) is 4.85. The number of benzene rings is 1. The van der Waals surface area contributed by atoms with E-state index in [1.54, 1.807) is 35.1 Å². The third-order valence-electron chi connectivity index (χ3n) is 3.28. The van der Waals surface area contributed by atoms with Crippen molar-refractivity contribution in [2.24, 2.45) is 0 Å². The van der Waals surface area contributed by atoms with E-state index in [1.165, 1.54) is 6.33 Å². The van der Waals surface area contributed by atoms with Gasteiger partial charge in [0.05, 0.1) is 17.6 Å². The third-order valence-corrected chi connectivity index (χ3v) is 3.28. The zero-order valence-electron chi connectivity index (χ0n) is 12.0. The second kappa shape index (κ2) is 5.38. The van der Waals surface area contributed by atoms with Gasteiger partial charge in [-0.05, 0) is 18.2 Å². The van der Waals surface area contributed by atoms with Crippen molar-refractivity contribution in [1.82, 2.24) is 24.6 Å². The van der Waals surface area contributed by atoms with Crippen LogP contribution in [0.2, 0.25) is 0 Å². The molecule has 0 spiro atoms. The molecule has 7 nitrogen and oxygen atoms in total. The molecule has 0 aliphatic heterocycles. The molecule has 112 valence electrons. The minimum absolute atomic E-state index is 0.428. The number of hydrogen-bond acceptors (Lipinski definition) is 6. The van der Waals surface area contributed by atoms with E-state index in [4.69, 9.17) is 10.5 Å². The molecule has 0 saturated carbocycles. The summed E-state index contributed by atoms with van der Waals surface area (Å²) in [5, 5.41) is 4.26. The predicted molar refractivity (Wildman–Crippen MR) is 84.9 cm³/mol. The number of rotatable bonds is 3. The molecule has 0 aliphatic carbocycles. The largest absolute Gasteiger partial charge is 0.439 e. The van der Waals surface area contributed by atoms with Gasteiger partial charge in [-0.2, -0.15) is 5.10 Å². The first-order valence-corrected chi connectivity index (χ1v) is 6.94. The number of nitrogens with two attached hydrogens (primary N) is 1. The molecule has 0 atom stereocenters. The van der Waals surface area contributed by atoms with Crippen LogP contribution < -0.4 is 10.5 Å². The Morgan fingerprint density at radius 2 is 1.91 bits per heavy atom. The molecular formula is C16H12N6O. The van der Waals surface area contributed by atoms with Gasteiger partial charge in [0.2, 0.25) is 5.88 Å². The highest BCUT2D eigenvalue weighted by Crippen LogP contribution is 2.24. The van der Waals surface area contributed by atoms with E-state index >= 15 is 0 Å². The van der Waals surface area contributed by atoms with Crippen LogP contribution in [0, 0.1) is 0 Å². The Morgan fingerprint density at radius 3 is 2.83 bits per heavy atom. The van der Waals surface area contributed by atoms with Crippen molar-refractivity contribution >= 4 is 11.3 Å². The van der Waals surface area contributed by atoms with E-state index in [0.29, 0.717) is 23.0 Å². The van der Waals surface area contributed by atoms with Crippen LogP contribution in [0.5, 0.6) is 11.6 Å². The summed E-state index contributed by atoms with van der Waals surface area (Å²) in [5.74, 6) is 1.05. The van der Waals surface area contributed by atoms with Crippen molar-refractivity contribution in [3.63, 3.8) is 0 Å². The molecule has 0 aliphatic rings. The molecule has 7 heteroatoms. The third kappa shape index (κ3) is 2.55. The lowest BCUT2D eigenvalue weighted by Gasteiger charge is -2.07. The van der Waals surface area contributed by atoms with E-state index < -0.39 is 0 Å². The van der Waals surface area contributed by atoms with Crippen LogP contribution in [0.4, 0.5) is 5.69 Å². The Hall–Kier alpha value is -3.48. The Kier molecular flexibility index (Phi) is 3.09. The molecule has 4 aromatic rings. The molecule has 0 saturated heterocycles. The number of anilines is 1. The van der Waals surface area contributed by atoms with Crippen LogP contribution in [0.1, 0.15) is 0 Å². The van der Waals surface area contributed by atoms with Crippen LogP contribution >= 0.6 is 0 Å². The lowest BCUT2D eigenvalue weighted by atomic mass is 10.3. The normalized spacial score (nSPS) is 10.8. The average Bonchev–Trinajstić information content (AvgIpc) is 3.03. The summed E-state index contributed by atoms with van der Waals surface area (Å²) >= 11 is 0. The zero-order valence-corrected chi connectivity index (χ0v) is 12.0. The standard InChI is InChI=1S/C16H12N6O/c17-11-2-1-3-12(8-11)23-16-9-13(19-10-20-16)14-4-6-18-15-5-7-21-22(14)15/h1-10H,17H2.